The van der Waals surface area contributed by atoms with Gasteiger partial charge in [0.05, 0.1) is 0 Å². The molecule has 1 unspecified atom stereocenters. The fraction of sp³-hybridized carbons (Fsp3) is 0.400. The highest BCUT2D eigenvalue weighted by Gasteiger charge is 2.29. The number of phenols is 3. The zero-order chi connectivity index (χ0) is 11.6. The van der Waals surface area contributed by atoms with E-state index in [1.165, 1.54) is 19.2 Å². The summed E-state index contributed by atoms with van der Waals surface area (Å²) in [6, 6.07) is 2.73. The van der Waals surface area contributed by atoms with Gasteiger partial charge in [-0.05, 0) is 19.1 Å². The number of methoxy groups -OCH3 is 1. The fourth-order valence-electron chi connectivity index (χ4n) is 1.30. The van der Waals surface area contributed by atoms with Gasteiger partial charge in [0.25, 0.3) is 0 Å². The van der Waals surface area contributed by atoms with Crippen molar-refractivity contribution in [2.24, 2.45) is 5.73 Å². The van der Waals surface area contributed by atoms with E-state index in [-0.39, 0.29) is 12.3 Å². The van der Waals surface area contributed by atoms with E-state index < -0.39 is 17.1 Å². The Labute approximate surface area is 87.7 Å². The molecule has 15 heavy (non-hydrogen) atoms. The molecule has 0 aromatic heterocycles. The van der Waals surface area contributed by atoms with Gasteiger partial charge < -0.3 is 25.8 Å². The van der Waals surface area contributed by atoms with Gasteiger partial charge in [-0.25, -0.2) is 0 Å². The van der Waals surface area contributed by atoms with Crippen LogP contribution in [0.5, 0.6) is 17.2 Å². The highest BCUT2D eigenvalue weighted by molar-refractivity contribution is 5.54. The van der Waals surface area contributed by atoms with Crippen molar-refractivity contribution in [1.82, 2.24) is 0 Å². The van der Waals surface area contributed by atoms with Crippen LogP contribution in [0.4, 0.5) is 0 Å². The van der Waals surface area contributed by atoms with E-state index in [2.05, 4.69) is 0 Å². The fourth-order valence-corrected chi connectivity index (χ4v) is 1.30. The molecule has 1 aromatic carbocycles. The average molecular weight is 213 g/mol. The van der Waals surface area contributed by atoms with Crippen LogP contribution in [-0.2, 0) is 10.3 Å². The highest BCUT2D eigenvalue weighted by atomic mass is 16.5. The number of hydrogen-bond acceptors (Lipinski definition) is 5. The Bertz CT molecular complexity index is 361. The van der Waals surface area contributed by atoms with Gasteiger partial charge in [0.1, 0.15) is 5.60 Å². The molecule has 0 bridgehead atoms. The number of nitrogens with two attached hydrogens (primary N) is 1. The summed E-state index contributed by atoms with van der Waals surface area (Å²) in [5.41, 5.74) is 4.97. The minimum absolute atomic E-state index is 0.140. The summed E-state index contributed by atoms with van der Waals surface area (Å²) in [7, 11) is 1.45. The van der Waals surface area contributed by atoms with E-state index in [4.69, 9.17) is 15.6 Å². The second kappa shape index (κ2) is 3.96. The standard InChI is InChI=1S/C10H15NO4/c1-10(5-11,15-2)6-3-4-7(12)9(14)8(6)13/h3-4,12-14H,5,11H2,1-2H3. The van der Waals surface area contributed by atoms with E-state index >= 15 is 0 Å². The topological polar surface area (TPSA) is 95.9 Å². The Balaban J connectivity index is 3.32. The van der Waals surface area contributed by atoms with Gasteiger partial charge in [0, 0.05) is 19.2 Å². The van der Waals surface area contributed by atoms with Gasteiger partial charge >= 0.3 is 0 Å². The van der Waals surface area contributed by atoms with E-state index in [1.807, 2.05) is 0 Å². The molecule has 0 heterocycles. The highest BCUT2D eigenvalue weighted by Crippen LogP contribution is 2.42. The molecule has 0 aliphatic rings. The predicted octanol–water partition coefficient (Wildman–Crippen LogP) is 0.624. The Morgan fingerprint density at radius 3 is 2.33 bits per heavy atom. The molecule has 0 aliphatic carbocycles. The molecule has 0 radical (unpaired) electrons. The maximum absolute atomic E-state index is 9.63. The molecule has 5 N–H and O–H groups in total. The van der Waals surface area contributed by atoms with Crippen molar-refractivity contribution in [3.63, 3.8) is 0 Å². The molecule has 1 rings (SSSR count). The van der Waals surface area contributed by atoms with Gasteiger partial charge in [0.2, 0.25) is 5.75 Å². The van der Waals surface area contributed by atoms with Gasteiger partial charge in [-0.3, -0.25) is 0 Å². The molecule has 0 saturated heterocycles. The van der Waals surface area contributed by atoms with Crippen LogP contribution in [0.25, 0.3) is 0 Å². The maximum Gasteiger partial charge on any atom is 0.200 e. The molecule has 84 valence electrons. The Kier molecular flexibility index (Phi) is 3.06. The lowest BCUT2D eigenvalue weighted by molar-refractivity contribution is 0.00795. The number of ether oxygens (including phenoxy) is 1. The summed E-state index contributed by atoms with van der Waals surface area (Å²) < 4.78 is 5.17. The molecule has 1 atom stereocenters. The van der Waals surface area contributed by atoms with Crippen LogP contribution in [-0.4, -0.2) is 29.0 Å². The van der Waals surface area contributed by atoms with Crippen LogP contribution in [0.3, 0.4) is 0 Å². The van der Waals surface area contributed by atoms with Crippen molar-refractivity contribution in [3.05, 3.63) is 17.7 Å². The van der Waals surface area contributed by atoms with Crippen LogP contribution >= 0.6 is 0 Å². The zero-order valence-corrected chi connectivity index (χ0v) is 8.69. The summed E-state index contributed by atoms with van der Waals surface area (Å²) in [4.78, 5) is 0. The number of phenolic OH excluding ortho intramolecular Hbond substituents is 3. The smallest absolute Gasteiger partial charge is 0.200 e. The Morgan fingerprint density at radius 2 is 1.87 bits per heavy atom. The van der Waals surface area contributed by atoms with Crippen LogP contribution in [0, 0.1) is 0 Å². The molecule has 0 spiro atoms. The summed E-state index contributed by atoms with van der Waals surface area (Å²) in [5.74, 6) is -1.36. The largest absolute Gasteiger partial charge is 0.504 e. The van der Waals surface area contributed by atoms with Crippen molar-refractivity contribution < 1.29 is 20.1 Å². The molecular formula is C10H15NO4. The Hall–Kier alpha value is -1.46. The average Bonchev–Trinajstić information content (AvgIpc) is 2.25. The van der Waals surface area contributed by atoms with Crippen LogP contribution in [0.15, 0.2) is 12.1 Å². The second-order valence-electron chi connectivity index (χ2n) is 3.47. The molecule has 0 aliphatic heterocycles. The molecule has 0 amide bonds. The quantitative estimate of drug-likeness (QED) is 0.552. The van der Waals surface area contributed by atoms with Gasteiger partial charge in [-0.15, -0.1) is 0 Å². The van der Waals surface area contributed by atoms with Crippen LogP contribution in [0.2, 0.25) is 0 Å². The monoisotopic (exact) mass is 213 g/mol. The van der Waals surface area contributed by atoms with E-state index in [9.17, 15) is 10.2 Å². The summed E-state index contributed by atoms with van der Waals surface area (Å²) in [5, 5.41) is 28.1. The summed E-state index contributed by atoms with van der Waals surface area (Å²) in [6.45, 7) is 1.82. The van der Waals surface area contributed by atoms with Crippen LogP contribution < -0.4 is 5.73 Å². The van der Waals surface area contributed by atoms with Crippen molar-refractivity contribution >= 4 is 0 Å². The van der Waals surface area contributed by atoms with Crippen LogP contribution in [0.1, 0.15) is 12.5 Å². The van der Waals surface area contributed by atoms with E-state index in [1.54, 1.807) is 6.92 Å². The lowest BCUT2D eigenvalue weighted by atomic mass is 9.94. The SMILES string of the molecule is COC(C)(CN)c1ccc(O)c(O)c1O. The van der Waals surface area contributed by atoms with Gasteiger partial charge in [-0.1, -0.05) is 0 Å². The minimum Gasteiger partial charge on any atom is -0.504 e. The van der Waals surface area contributed by atoms with E-state index in [0.29, 0.717) is 5.56 Å². The summed E-state index contributed by atoms with van der Waals surface area (Å²) >= 11 is 0. The molecule has 0 saturated carbocycles. The minimum atomic E-state index is -0.894. The third-order valence-electron chi connectivity index (χ3n) is 2.54. The van der Waals surface area contributed by atoms with Gasteiger partial charge in [-0.2, -0.15) is 0 Å². The first kappa shape index (κ1) is 11.6. The third-order valence-corrected chi connectivity index (χ3v) is 2.54. The normalized spacial score (nSPS) is 14.9. The molecular weight excluding hydrogens is 198 g/mol. The lowest BCUT2D eigenvalue weighted by Gasteiger charge is -2.27. The number of benzene rings is 1. The zero-order valence-electron chi connectivity index (χ0n) is 8.69. The van der Waals surface area contributed by atoms with Gasteiger partial charge in [0.15, 0.2) is 11.5 Å². The third kappa shape index (κ3) is 1.84. The number of aromatic hydroxyl groups is 3. The van der Waals surface area contributed by atoms with E-state index in [0.717, 1.165) is 0 Å². The van der Waals surface area contributed by atoms with Crippen molar-refractivity contribution in [2.45, 2.75) is 12.5 Å². The second-order valence-corrected chi connectivity index (χ2v) is 3.47. The molecule has 0 fully saturated rings. The number of hydrogen-bond donors (Lipinski definition) is 4. The first-order valence-corrected chi connectivity index (χ1v) is 4.46. The number of rotatable bonds is 3. The molecule has 5 heteroatoms. The predicted molar refractivity (Wildman–Crippen MR) is 54.9 cm³/mol. The first-order valence-electron chi connectivity index (χ1n) is 4.46. The lowest BCUT2D eigenvalue weighted by Crippen LogP contribution is -2.33. The first-order chi connectivity index (χ1) is 6.96. The molecule has 5 nitrogen and oxygen atoms in total. The maximum atomic E-state index is 9.63. The van der Waals surface area contributed by atoms with Crippen molar-refractivity contribution in [1.29, 1.82) is 0 Å². The summed E-state index contributed by atoms with van der Waals surface area (Å²) in [6.07, 6.45) is 0. The van der Waals surface area contributed by atoms with Crippen molar-refractivity contribution in [3.8, 4) is 17.2 Å². The Morgan fingerprint density at radius 1 is 1.27 bits per heavy atom. The molecule has 1 aromatic rings. The van der Waals surface area contributed by atoms with Crippen molar-refractivity contribution in [2.75, 3.05) is 13.7 Å².